The minimum Gasteiger partial charge on any atom is -0.396 e. The van der Waals surface area contributed by atoms with Crippen LogP contribution in [0.5, 0.6) is 0 Å². The van der Waals surface area contributed by atoms with Crippen molar-refractivity contribution >= 4 is 11.6 Å². The smallest absolute Gasteiger partial charge is 0.0450 e. The van der Waals surface area contributed by atoms with E-state index in [1.165, 1.54) is 0 Å². The first-order chi connectivity index (χ1) is 7.27. The molecule has 0 saturated heterocycles. The number of hydrogen-bond donors (Lipinski definition) is 2. The van der Waals surface area contributed by atoms with Gasteiger partial charge in [-0.3, -0.25) is 0 Å². The number of nitrogens with one attached hydrogen (secondary N) is 1. The predicted octanol–water partition coefficient (Wildman–Crippen LogP) is 2.59. The van der Waals surface area contributed by atoms with Crippen molar-refractivity contribution < 1.29 is 5.11 Å². The van der Waals surface area contributed by atoms with Crippen molar-refractivity contribution in [2.75, 3.05) is 6.61 Å². The Labute approximate surface area is 96.3 Å². The van der Waals surface area contributed by atoms with Crippen molar-refractivity contribution in [3.8, 4) is 0 Å². The molecule has 0 amide bonds. The molecule has 0 aromatic heterocycles. The monoisotopic (exact) mass is 227 g/mol. The maximum atomic E-state index is 8.85. The van der Waals surface area contributed by atoms with Gasteiger partial charge in [-0.05, 0) is 24.5 Å². The van der Waals surface area contributed by atoms with Crippen molar-refractivity contribution in [3.05, 3.63) is 34.9 Å². The summed E-state index contributed by atoms with van der Waals surface area (Å²) >= 11 is 6.04. The second-order valence-corrected chi connectivity index (χ2v) is 4.00. The fraction of sp³-hybridized carbons (Fsp3) is 0.500. The first-order valence-electron chi connectivity index (χ1n) is 5.35. The van der Waals surface area contributed by atoms with Gasteiger partial charge in [0.2, 0.25) is 0 Å². The Kier molecular flexibility index (Phi) is 5.69. The summed E-state index contributed by atoms with van der Waals surface area (Å²) in [6, 6.07) is 8.19. The van der Waals surface area contributed by atoms with E-state index in [-0.39, 0.29) is 6.61 Å². The van der Waals surface area contributed by atoms with E-state index in [9.17, 15) is 0 Å². The number of benzene rings is 1. The summed E-state index contributed by atoms with van der Waals surface area (Å²) < 4.78 is 0. The first-order valence-corrected chi connectivity index (χ1v) is 5.73. The Morgan fingerprint density at radius 2 is 2.13 bits per heavy atom. The van der Waals surface area contributed by atoms with Gasteiger partial charge < -0.3 is 10.4 Å². The SMILES string of the molecule is CCC(CCO)NCc1ccccc1Cl. The van der Waals surface area contributed by atoms with E-state index in [0.717, 1.165) is 30.0 Å². The van der Waals surface area contributed by atoms with Gasteiger partial charge in [0.1, 0.15) is 0 Å². The second-order valence-electron chi connectivity index (χ2n) is 3.59. The molecule has 1 atom stereocenters. The highest BCUT2D eigenvalue weighted by molar-refractivity contribution is 6.31. The molecule has 1 aromatic rings. The lowest BCUT2D eigenvalue weighted by atomic mass is 10.1. The summed E-state index contributed by atoms with van der Waals surface area (Å²) in [4.78, 5) is 0. The molecule has 0 spiro atoms. The van der Waals surface area contributed by atoms with Gasteiger partial charge in [0.25, 0.3) is 0 Å². The Morgan fingerprint density at radius 3 is 2.73 bits per heavy atom. The van der Waals surface area contributed by atoms with Gasteiger partial charge in [-0.25, -0.2) is 0 Å². The van der Waals surface area contributed by atoms with Crippen LogP contribution < -0.4 is 5.32 Å². The van der Waals surface area contributed by atoms with Crippen LogP contribution in [0, 0.1) is 0 Å². The van der Waals surface area contributed by atoms with Crippen LogP contribution in [-0.4, -0.2) is 17.8 Å². The quantitative estimate of drug-likeness (QED) is 0.783. The average Bonchev–Trinajstić information content (AvgIpc) is 2.26. The number of aliphatic hydroxyl groups is 1. The summed E-state index contributed by atoms with van der Waals surface area (Å²) in [6.07, 6.45) is 1.81. The molecule has 2 nitrogen and oxygen atoms in total. The molecule has 2 N–H and O–H groups in total. The lowest BCUT2D eigenvalue weighted by Crippen LogP contribution is -2.28. The average molecular weight is 228 g/mol. The van der Waals surface area contributed by atoms with E-state index >= 15 is 0 Å². The fourth-order valence-electron chi connectivity index (χ4n) is 1.50. The van der Waals surface area contributed by atoms with Crippen LogP contribution in [0.3, 0.4) is 0 Å². The molecule has 0 heterocycles. The third-order valence-electron chi connectivity index (χ3n) is 2.51. The van der Waals surface area contributed by atoms with Crippen LogP contribution >= 0.6 is 11.6 Å². The van der Waals surface area contributed by atoms with E-state index in [1.807, 2.05) is 24.3 Å². The molecule has 0 bridgehead atoms. The van der Waals surface area contributed by atoms with Crippen molar-refractivity contribution in [2.24, 2.45) is 0 Å². The molecule has 1 rings (SSSR count). The fourth-order valence-corrected chi connectivity index (χ4v) is 1.70. The summed E-state index contributed by atoms with van der Waals surface area (Å²) in [5.74, 6) is 0. The van der Waals surface area contributed by atoms with Gasteiger partial charge in [-0.2, -0.15) is 0 Å². The van der Waals surface area contributed by atoms with E-state index < -0.39 is 0 Å². The molecule has 0 radical (unpaired) electrons. The highest BCUT2D eigenvalue weighted by Crippen LogP contribution is 2.14. The lowest BCUT2D eigenvalue weighted by molar-refractivity contribution is 0.262. The standard InChI is InChI=1S/C12H18ClNO/c1-2-11(7-8-15)14-9-10-5-3-4-6-12(10)13/h3-6,11,14-15H,2,7-9H2,1H3. The third kappa shape index (κ3) is 4.20. The van der Waals surface area contributed by atoms with Crippen molar-refractivity contribution in [3.63, 3.8) is 0 Å². The maximum absolute atomic E-state index is 8.85. The van der Waals surface area contributed by atoms with Gasteiger partial charge in [0.15, 0.2) is 0 Å². The molecule has 15 heavy (non-hydrogen) atoms. The zero-order chi connectivity index (χ0) is 11.1. The summed E-state index contributed by atoms with van der Waals surface area (Å²) in [6.45, 7) is 3.10. The molecular weight excluding hydrogens is 210 g/mol. The van der Waals surface area contributed by atoms with Crippen LogP contribution in [-0.2, 0) is 6.54 Å². The first kappa shape index (κ1) is 12.5. The van der Waals surface area contributed by atoms with E-state index in [1.54, 1.807) is 0 Å². The molecule has 0 saturated carbocycles. The zero-order valence-corrected chi connectivity index (χ0v) is 9.80. The number of halogens is 1. The molecular formula is C12H18ClNO. The van der Waals surface area contributed by atoms with Crippen molar-refractivity contribution in [2.45, 2.75) is 32.4 Å². The van der Waals surface area contributed by atoms with Gasteiger partial charge in [-0.1, -0.05) is 36.7 Å². The Balaban J connectivity index is 2.45. The molecule has 1 unspecified atom stereocenters. The normalized spacial score (nSPS) is 12.7. The predicted molar refractivity (Wildman–Crippen MR) is 64.1 cm³/mol. The highest BCUT2D eigenvalue weighted by atomic mass is 35.5. The summed E-state index contributed by atoms with van der Waals surface area (Å²) in [5, 5.41) is 13.0. The third-order valence-corrected chi connectivity index (χ3v) is 2.88. The van der Waals surface area contributed by atoms with E-state index in [0.29, 0.717) is 6.04 Å². The Morgan fingerprint density at radius 1 is 1.40 bits per heavy atom. The highest BCUT2D eigenvalue weighted by Gasteiger charge is 2.05. The summed E-state index contributed by atoms with van der Waals surface area (Å²) in [5.41, 5.74) is 1.11. The second kappa shape index (κ2) is 6.83. The Bertz CT molecular complexity index is 291. The van der Waals surface area contributed by atoms with E-state index in [2.05, 4.69) is 12.2 Å². The minimum atomic E-state index is 0.230. The van der Waals surface area contributed by atoms with Gasteiger partial charge in [0, 0.05) is 24.2 Å². The largest absolute Gasteiger partial charge is 0.396 e. The topological polar surface area (TPSA) is 32.3 Å². The van der Waals surface area contributed by atoms with Crippen molar-refractivity contribution in [1.82, 2.24) is 5.32 Å². The zero-order valence-electron chi connectivity index (χ0n) is 9.04. The van der Waals surface area contributed by atoms with Gasteiger partial charge in [0.05, 0.1) is 0 Å². The van der Waals surface area contributed by atoms with Crippen molar-refractivity contribution in [1.29, 1.82) is 0 Å². The molecule has 3 heteroatoms. The van der Waals surface area contributed by atoms with Crippen LogP contribution in [0.15, 0.2) is 24.3 Å². The molecule has 0 fully saturated rings. The Hall–Kier alpha value is -0.570. The molecule has 0 aliphatic rings. The maximum Gasteiger partial charge on any atom is 0.0450 e. The molecule has 1 aromatic carbocycles. The minimum absolute atomic E-state index is 0.230. The van der Waals surface area contributed by atoms with Gasteiger partial charge in [-0.15, -0.1) is 0 Å². The number of aliphatic hydroxyl groups excluding tert-OH is 1. The van der Waals surface area contributed by atoms with Crippen LogP contribution in [0.1, 0.15) is 25.3 Å². The summed E-state index contributed by atoms with van der Waals surface area (Å²) in [7, 11) is 0. The number of hydrogen-bond acceptors (Lipinski definition) is 2. The van der Waals surface area contributed by atoms with Crippen LogP contribution in [0.4, 0.5) is 0 Å². The molecule has 84 valence electrons. The molecule has 0 aliphatic heterocycles. The van der Waals surface area contributed by atoms with E-state index in [4.69, 9.17) is 16.7 Å². The van der Waals surface area contributed by atoms with Crippen LogP contribution in [0.25, 0.3) is 0 Å². The molecule has 0 aliphatic carbocycles. The lowest BCUT2D eigenvalue weighted by Gasteiger charge is -2.16. The number of rotatable bonds is 6. The van der Waals surface area contributed by atoms with Crippen LogP contribution in [0.2, 0.25) is 5.02 Å². The van der Waals surface area contributed by atoms with Gasteiger partial charge >= 0.3 is 0 Å².